The van der Waals surface area contributed by atoms with E-state index in [4.69, 9.17) is 4.74 Å². The first-order chi connectivity index (χ1) is 10.2. The predicted molar refractivity (Wildman–Crippen MR) is 77.1 cm³/mol. The fraction of sp³-hybridized carbons (Fsp3) is 0.176. The Kier molecular flexibility index (Phi) is 2.28. The number of fused-ring (bicyclic) bond motifs is 5. The highest BCUT2D eigenvalue weighted by Gasteiger charge is 2.60. The molecule has 2 aromatic rings. The van der Waals surface area contributed by atoms with E-state index in [1.54, 1.807) is 11.0 Å². The third-order valence-electron chi connectivity index (χ3n) is 4.39. The summed E-state index contributed by atoms with van der Waals surface area (Å²) in [6.07, 6.45) is 0.457. The van der Waals surface area contributed by atoms with Gasteiger partial charge in [0, 0.05) is 23.2 Å². The summed E-state index contributed by atoms with van der Waals surface area (Å²) in [6, 6.07) is 14.9. The fourth-order valence-electron chi connectivity index (χ4n) is 3.53. The Balaban J connectivity index is 2.04. The van der Waals surface area contributed by atoms with E-state index < -0.39 is 11.5 Å². The highest BCUT2D eigenvalue weighted by molar-refractivity contribution is 6.18. The largest absolute Gasteiger partial charge is 0.467 e. The molecule has 0 fully saturated rings. The van der Waals surface area contributed by atoms with Gasteiger partial charge in [-0.3, -0.25) is 9.69 Å². The van der Waals surface area contributed by atoms with Gasteiger partial charge in [-0.15, -0.1) is 0 Å². The standard InChI is InChI=1S/C17H13NO3/c1-21-16(20)17-10-11-6-2-5-9-14(11)18(17)15(19)12-7-3-4-8-13(12)17/h2-9H,10H2,1H3/t17-/m1/s1. The van der Waals surface area contributed by atoms with Crippen LogP contribution in [0.4, 0.5) is 5.69 Å². The van der Waals surface area contributed by atoms with E-state index in [1.165, 1.54) is 7.11 Å². The Morgan fingerprint density at radius 3 is 2.67 bits per heavy atom. The van der Waals surface area contributed by atoms with Crippen molar-refractivity contribution in [2.75, 3.05) is 12.0 Å². The molecule has 1 amide bonds. The molecule has 2 heterocycles. The van der Waals surface area contributed by atoms with Crippen LogP contribution in [0, 0.1) is 0 Å². The molecule has 21 heavy (non-hydrogen) atoms. The quantitative estimate of drug-likeness (QED) is 0.752. The van der Waals surface area contributed by atoms with Crippen LogP contribution < -0.4 is 4.90 Å². The first kappa shape index (κ1) is 12.1. The number of benzene rings is 2. The summed E-state index contributed by atoms with van der Waals surface area (Å²) >= 11 is 0. The Morgan fingerprint density at radius 1 is 1.14 bits per heavy atom. The van der Waals surface area contributed by atoms with Crippen molar-refractivity contribution in [2.45, 2.75) is 12.0 Å². The fourth-order valence-corrected chi connectivity index (χ4v) is 3.53. The molecule has 0 aromatic heterocycles. The average Bonchev–Trinajstić information content (AvgIpc) is 3.00. The summed E-state index contributed by atoms with van der Waals surface area (Å²) in [5, 5.41) is 0. The number of ether oxygens (including phenoxy) is 1. The highest BCUT2D eigenvalue weighted by atomic mass is 16.5. The van der Waals surface area contributed by atoms with Crippen molar-refractivity contribution in [3.8, 4) is 0 Å². The van der Waals surface area contributed by atoms with Gasteiger partial charge in [0.15, 0.2) is 5.54 Å². The summed E-state index contributed by atoms with van der Waals surface area (Å²) in [5.74, 6) is -0.530. The van der Waals surface area contributed by atoms with E-state index in [0.29, 0.717) is 12.0 Å². The van der Waals surface area contributed by atoms with Gasteiger partial charge in [0.25, 0.3) is 5.91 Å². The van der Waals surface area contributed by atoms with Gasteiger partial charge in [0.1, 0.15) is 0 Å². The molecule has 2 aliphatic heterocycles. The number of hydrogen-bond donors (Lipinski definition) is 0. The Bertz CT molecular complexity index is 783. The molecule has 4 heteroatoms. The average molecular weight is 279 g/mol. The second kappa shape index (κ2) is 3.95. The summed E-state index contributed by atoms with van der Waals surface area (Å²) < 4.78 is 5.04. The van der Waals surface area contributed by atoms with E-state index in [-0.39, 0.29) is 5.91 Å². The van der Waals surface area contributed by atoms with Gasteiger partial charge in [-0.1, -0.05) is 36.4 Å². The maximum Gasteiger partial charge on any atom is 0.337 e. The maximum atomic E-state index is 12.8. The topological polar surface area (TPSA) is 46.6 Å². The van der Waals surface area contributed by atoms with Crippen molar-refractivity contribution in [1.29, 1.82) is 0 Å². The third-order valence-corrected chi connectivity index (χ3v) is 4.39. The molecule has 2 aliphatic rings. The maximum absolute atomic E-state index is 12.8. The number of carbonyl (C=O) groups excluding carboxylic acids is 2. The predicted octanol–water partition coefficient (Wildman–Crippen LogP) is 2.27. The number of amides is 1. The Labute approximate surface area is 121 Å². The minimum absolute atomic E-state index is 0.138. The lowest BCUT2D eigenvalue weighted by Crippen LogP contribution is -2.48. The van der Waals surface area contributed by atoms with Gasteiger partial charge in [-0.2, -0.15) is 0 Å². The Morgan fingerprint density at radius 2 is 1.86 bits per heavy atom. The number of carbonyl (C=O) groups is 2. The van der Waals surface area contributed by atoms with Crippen molar-refractivity contribution < 1.29 is 14.3 Å². The van der Waals surface area contributed by atoms with Crippen LogP contribution in [0.3, 0.4) is 0 Å². The molecular weight excluding hydrogens is 266 g/mol. The van der Waals surface area contributed by atoms with Crippen LogP contribution in [-0.4, -0.2) is 19.0 Å². The molecule has 4 nitrogen and oxygen atoms in total. The molecule has 0 radical (unpaired) electrons. The van der Waals surface area contributed by atoms with E-state index in [2.05, 4.69) is 0 Å². The minimum Gasteiger partial charge on any atom is -0.467 e. The van der Waals surface area contributed by atoms with Crippen molar-refractivity contribution in [1.82, 2.24) is 0 Å². The molecule has 4 rings (SSSR count). The number of methoxy groups -OCH3 is 1. The first-order valence-electron chi connectivity index (χ1n) is 6.80. The van der Waals surface area contributed by atoms with Crippen LogP contribution in [0.15, 0.2) is 48.5 Å². The molecule has 0 unspecified atom stereocenters. The van der Waals surface area contributed by atoms with Gasteiger partial charge in [0.05, 0.1) is 7.11 Å². The molecule has 0 N–H and O–H groups in total. The van der Waals surface area contributed by atoms with Crippen molar-refractivity contribution in [3.63, 3.8) is 0 Å². The van der Waals surface area contributed by atoms with Gasteiger partial charge in [-0.05, 0) is 17.7 Å². The van der Waals surface area contributed by atoms with Gasteiger partial charge < -0.3 is 4.74 Å². The van der Waals surface area contributed by atoms with E-state index in [9.17, 15) is 9.59 Å². The molecule has 0 aliphatic carbocycles. The van der Waals surface area contributed by atoms with E-state index >= 15 is 0 Å². The lowest BCUT2D eigenvalue weighted by atomic mass is 9.86. The first-order valence-corrected chi connectivity index (χ1v) is 6.80. The zero-order valence-electron chi connectivity index (χ0n) is 11.5. The van der Waals surface area contributed by atoms with Gasteiger partial charge >= 0.3 is 5.97 Å². The molecule has 104 valence electrons. The number of esters is 1. The lowest BCUT2D eigenvalue weighted by molar-refractivity contribution is -0.146. The number of anilines is 1. The summed E-state index contributed by atoms with van der Waals surface area (Å²) in [6.45, 7) is 0. The van der Waals surface area contributed by atoms with Crippen LogP contribution in [-0.2, 0) is 21.5 Å². The molecule has 0 saturated heterocycles. The van der Waals surface area contributed by atoms with Crippen LogP contribution in [0.25, 0.3) is 0 Å². The molecule has 2 aromatic carbocycles. The van der Waals surface area contributed by atoms with Crippen LogP contribution >= 0.6 is 0 Å². The number of para-hydroxylation sites is 1. The molecule has 0 bridgehead atoms. The highest BCUT2D eigenvalue weighted by Crippen LogP contribution is 2.51. The van der Waals surface area contributed by atoms with Crippen LogP contribution in [0.2, 0.25) is 0 Å². The lowest BCUT2D eigenvalue weighted by Gasteiger charge is -2.30. The number of hydrogen-bond acceptors (Lipinski definition) is 3. The minimum atomic E-state index is -1.05. The molecular formula is C17H13NO3. The third kappa shape index (κ3) is 1.29. The Hall–Kier alpha value is -2.62. The van der Waals surface area contributed by atoms with Crippen LogP contribution in [0.5, 0.6) is 0 Å². The summed E-state index contributed by atoms with van der Waals surface area (Å²) in [7, 11) is 1.36. The second-order valence-corrected chi connectivity index (χ2v) is 5.34. The number of rotatable bonds is 1. The summed E-state index contributed by atoms with van der Waals surface area (Å²) in [5.41, 5.74) is 2.05. The smallest absolute Gasteiger partial charge is 0.337 e. The normalized spacial score (nSPS) is 21.8. The zero-order chi connectivity index (χ0) is 14.6. The summed E-state index contributed by atoms with van der Waals surface area (Å²) in [4.78, 5) is 27.0. The SMILES string of the molecule is COC(=O)[C@]12Cc3ccccc3N1C(=O)c1ccccc12. The molecule has 0 spiro atoms. The van der Waals surface area contributed by atoms with Crippen LogP contribution in [0.1, 0.15) is 21.5 Å². The molecule has 0 saturated carbocycles. The van der Waals surface area contributed by atoms with Crippen molar-refractivity contribution in [3.05, 3.63) is 65.2 Å². The second-order valence-electron chi connectivity index (χ2n) is 5.34. The zero-order valence-corrected chi connectivity index (χ0v) is 11.5. The monoisotopic (exact) mass is 279 g/mol. The van der Waals surface area contributed by atoms with E-state index in [0.717, 1.165) is 16.8 Å². The van der Waals surface area contributed by atoms with Gasteiger partial charge in [0.2, 0.25) is 0 Å². The van der Waals surface area contributed by atoms with Gasteiger partial charge in [-0.25, -0.2) is 4.79 Å². The molecule has 1 atom stereocenters. The van der Waals surface area contributed by atoms with Crippen molar-refractivity contribution in [2.24, 2.45) is 0 Å². The van der Waals surface area contributed by atoms with Crippen molar-refractivity contribution >= 4 is 17.6 Å². The van der Waals surface area contributed by atoms with E-state index in [1.807, 2.05) is 42.5 Å². The number of nitrogens with zero attached hydrogens (tertiary/aromatic N) is 1.